The van der Waals surface area contributed by atoms with Crippen LogP contribution in [-0.4, -0.2) is 40.6 Å². The lowest BCUT2D eigenvalue weighted by Crippen LogP contribution is -2.60. The summed E-state index contributed by atoms with van der Waals surface area (Å²) in [5.74, 6) is -2.98. The molecule has 1 aliphatic heterocycles. The molecule has 2 aliphatic rings. The standard InChI is InChI=1S/C12H16F3NO3/c13-12(14,15)9(17)16-7-2-1-4-8(16)11(10(18)19)5-3-6-11/h8H,1-7H2,(H,18,19). The van der Waals surface area contributed by atoms with Crippen molar-refractivity contribution < 1.29 is 27.9 Å². The van der Waals surface area contributed by atoms with E-state index < -0.39 is 29.5 Å². The first-order valence-corrected chi connectivity index (χ1v) is 6.40. The van der Waals surface area contributed by atoms with Gasteiger partial charge in [0.1, 0.15) is 0 Å². The van der Waals surface area contributed by atoms with Crippen LogP contribution in [0, 0.1) is 5.41 Å². The van der Waals surface area contributed by atoms with Gasteiger partial charge in [0, 0.05) is 12.6 Å². The lowest BCUT2D eigenvalue weighted by Gasteiger charge is -2.50. The smallest absolute Gasteiger partial charge is 0.471 e. The molecule has 1 unspecified atom stereocenters. The fourth-order valence-electron chi connectivity index (χ4n) is 3.16. The molecular weight excluding hydrogens is 263 g/mol. The highest BCUT2D eigenvalue weighted by Gasteiger charge is 2.56. The van der Waals surface area contributed by atoms with Crippen LogP contribution in [0.25, 0.3) is 0 Å². The summed E-state index contributed by atoms with van der Waals surface area (Å²) in [6.07, 6.45) is -2.03. The molecule has 1 atom stereocenters. The number of carbonyl (C=O) groups excluding carboxylic acids is 1. The summed E-state index contributed by atoms with van der Waals surface area (Å²) < 4.78 is 37.7. The van der Waals surface area contributed by atoms with E-state index in [4.69, 9.17) is 0 Å². The molecule has 0 bridgehead atoms. The molecule has 0 radical (unpaired) electrons. The maximum atomic E-state index is 12.6. The van der Waals surface area contributed by atoms with Crippen LogP contribution in [0.3, 0.4) is 0 Å². The zero-order valence-corrected chi connectivity index (χ0v) is 10.4. The highest BCUT2D eigenvalue weighted by Crippen LogP contribution is 2.49. The van der Waals surface area contributed by atoms with E-state index in [-0.39, 0.29) is 6.54 Å². The summed E-state index contributed by atoms with van der Waals surface area (Å²) in [4.78, 5) is 23.6. The predicted molar refractivity (Wildman–Crippen MR) is 59.3 cm³/mol. The zero-order chi connectivity index (χ0) is 14.3. The van der Waals surface area contributed by atoms with Crippen LogP contribution in [0.4, 0.5) is 13.2 Å². The van der Waals surface area contributed by atoms with Gasteiger partial charge in [-0.15, -0.1) is 0 Å². The predicted octanol–water partition coefficient (Wildman–Crippen LogP) is 2.18. The summed E-state index contributed by atoms with van der Waals surface area (Å²) >= 11 is 0. The fraction of sp³-hybridized carbons (Fsp3) is 0.833. The van der Waals surface area contributed by atoms with Crippen molar-refractivity contribution in [3.8, 4) is 0 Å². The Morgan fingerprint density at radius 1 is 1.16 bits per heavy atom. The molecule has 2 fully saturated rings. The molecule has 1 aliphatic carbocycles. The van der Waals surface area contributed by atoms with E-state index in [1.165, 1.54) is 0 Å². The highest BCUT2D eigenvalue weighted by atomic mass is 19.4. The van der Waals surface area contributed by atoms with Crippen molar-refractivity contribution in [3.05, 3.63) is 0 Å². The number of alkyl halides is 3. The van der Waals surface area contributed by atoms with Crippen LogP contribution in [0.5, 0.6) is 0 Å². The third kappa shape index (κ3) is 2.30. The largest absolute Gasteiger partial charge is 0.481 e. The number of hydrogen-bond acceptors (Lipinski definition) is 2. The van der Waals surface area contributed by atoms with Crippen molar-refractivity contribution >= 4 is 11.9 Å². The number of piperidine rings is 1. The van der Waals surface area contributed by atoms with Gasteiger partial charge >= 0.3 is 18.1 Å². The first-order chi connectivity index (χ1) is 8.79. The molecule has 0 aromatic rings. The Morgan fingerprint density at radius 2 is 1.79 bits per heavy atom. The molecule has 0 spiro atoms. The Labute approximate surface area is 108 Å². The molecule has 108 valence electrons. The first-order valence-electron chi connectivity index (χ1n) is 6.40. The monoisotopic (exact) mass is 279 g/mol. The van der Waals surface area contributed by atoms with Crippen molar-refractivity contribution in [2.24, 2.45) is 5.41 Å². The molecule has 2 rings (SSSR count). The second kappa shape index (κ2) is 4.68. The Bertz CT molecular complexity index is 390. The number of aliphatic carboxylic acids is 1. The molecule has 7 heteroatoms. The van der Waals surface area contributed by atoms with E-state index >= 15 is 0 Å². The normalized spacial score (nSPS) is 26.7. The minimum absolute atomic E-state index is 0.00194. The number of amides is 1. The van der Waals surface area contributed by atoms with Crippen LogP contribution < -0.4 is 0 Å². The Kier molecular flexibility index (Phi) is 3.49. The van der Waals surface area contributed by atoms with E-state index in [1.807, 2.05) is 0 Å². The minimum Gasteiger partial charge on any atom is -0.481 e. The lowest BCUT2D eigenvalue weighted by atomic mass is 9.61. The molecule has 1 saturated heterocycles. The van der Waals surface area contributed by atoms with Crippen molar-refractivity contribution in [1.29, 1.82) is 0 Å². The summed E-state index contributed by atoms with van der Waals surface area (Å²) in [7, 11) is 0. The Balaban J connectivity index is 2.26. The first kappa shape index (κ1) is 14.1. The van der Waals surface area contributed by atoms with Gasteiger partial charge in [0.05, 0.1) is 5.41 Å². The third-order valence-electron chi connectivity index (χ3n) is 4.32. The zero-order valence-electron chi connectivity index (χ0n) is 10.4. The second-order valence-electron chi connectivity index (χ2n) is 5.32. The molecule has 0 aromatic carbocycles. The molecule has 19 heavy (non-hydrogen) atoms. The quantitative estimate of drug-likeness (QED) is 0.843. The molecule has 1 saturated carbocycles. The van der Waals surface area contributed by atoms with E-state index in [1.54, 1.807) is 0 Å². The van der Waals surface area contributed by atoms with Gasteiger partial charge in [-0.2, -0.15) is 13.2 Å². The van der Waals surface area contributed by atoms with Crippen molar-refractivity contribution in [2.75, 3.05) is 6.54 Å². The van der Waals surface area contributed by atoms with Gasteiger partial charge in [0.25, 0.3) is 0 Å². The van der Waals surface area contributed by atoms with Gasteiger partial charge < -0.3 is 10.0 Å². The topological polar surface area (TPSA) is 57.6 Å². The fourth-order valence-corrected chi connectivity index (χ4v) is 3.16. The van der Waals surface area contributed by atoms with Crippen LogP contribution in [-0.2, 0) is 9.59 Å². The van der Waals surface area contributed by atoms with E-state index in [0.29, 0.717) is 38.5 Å². The number of carboxylic acids is 1. The van der Waals surface area contributed by atoms with Crippen molar-refractivity contribution in [1.82, 2.24) is 4.90 Å². The minimum atomic E-state index is -4.93. The van der Waals surface area contributed by atoms with Crippen molar-refractivity contribution in [3.63, 3.8) is 0 Å². The number of hydrogen-bond donors (Lipinski definition) is 1. The van der Waals surface area contributed by atoms with E-state index in [9.17, 15) is 27.9 Å². The number of carbonyl (C=O) groups is 2. The average molecular weight is 279 g/mol. The van der Waals surface area contributed by atoms with E-state index in [2.05, 4.69) is 0 Å². The second-order valence-corrected chi connectivity index (χ2v) is 5.32. The highest BCUT2D eigenvalue weighted by molar-refractivity contribution is 5.84. The molecular formula is C12H16F3NO3. The van der Waals surface area contributed by atoms with E-state index in [0.717, 1.165) is 4.90 Å². The number of carboxylic acid groups (broad SMARTS) is 1. The summed E-state index contributed by atoms with van der Waals surface area (Å²) in [5, 5.41) is 9.32. The summed E-state index contributed by atoms with van der Waals surface area (Å²) in [6.45, 7) is -0.00194. The van der Waals surface area contributed by atoms with Crippen LogP contribution >= 0.6 is 0 Å². The van der Waals surface area contributed by atoms with Crippen LogP contribution in [0.2, 0.25) is 0 Å². The van der Waals surface area contributed by atoms with Gasteiger partial charge in [0.2, 0.25) is 0 Å². The lowest BCUT2D eigenvalue weighted by molar-refractivity contribution is -0.196. The third-order valence-corrected chi connectivity index (χ3v) is 4.32. The molecule has 1 amide bonds. The maximum Gasteiger partial charge on any atom is 0.471 e. The van der Waals surface area contributed by atoms with Gasteiger partial charge in [-0.1, -0.05) is 6.42 Å². The molecule has 4 nitrogen and oxygen atoms in total. The Hall–Kier alpha value is -1.27. The number of halogens is 3. The van der Waals surface area contributed by atoms with Crippen molar-refractivity contribution in [2.45, 2.75) is 50.7 Å². The molecule has 0 aromatic heterocycles. The van der Waals surface area contributed by atoms with Gasteiger partial charge in [-0.3, -0.25) is 9.59 Å². The average Bonchev–Trinajstić information content (AvgIpc) is 2.25. The Morgan fingerprint density at radius 3 is 2.21 bits per heavy atom. The molecule has 1 N–H and O–H groups in total. The SMILES string of the molecule is O=C(N1CCCCC1C1(C(=O)O)CCC1)C(F)(F)F. The van der Waals surface area contributed by atoms with Gasteiger partial charge in [-0.25, -0.2) is 0 Å². The number of rotatable bonds is 2. The molecule has 1 heterocycles. The number of nitrogens with zero attached hydrogens (tertiary/aromatic N) is 1. The van der Waals surface area contributed by atoms with Crippen LogP contribution in [0.1, 0.15) is 38.5 Å². The van der Waals surface area contributed by atoms with Crippen LogP contribution in [0.15, 0.2) is 0 Å². The number of likely N-dealkylation sites (tertiary alicyclic amines) is 1. The van der Waals surface area contributed by atoms with Gasteiger partial charge in [0.15, 0.2) is 0 Å². The maximum absolute atomic E-state index is 12.6. The summed E-state index contributed by atoms with van der Waals surface area (Å²) in [5.41, 5.74) is -1.17. The van der Waals surface area contributed by atoms with Gasteiger partial charge in [-0.05, 0) is 32.1 Å². The summed E-state index contributed by atoms with van der Waals surface area (Å²) in [6, 6.07) is -0.818.